The molecule has 0 bridgehead atoms. The predicted octanol–water partition coefficient (Wildman–Crippen LogP) is 3.57. The van der Waals surface area contributed by atoms with Crippen molar-refractivity contribution in [2.24, 2.45) is 0 Å². The number of nitrogens with one attached hydrogen (secondary N) is 1. The van der Waals surface area contributed by atoms with Crippen molar-refractivity contribution in [2.75, 3.05) is 7.11 Å². The van der Waals surface area contributed by atoms with Crippen molar-refractivity contribution in [1.82, 2.24) is 9.55 Å². The van der Waals surface area contributed by atoms with Gasteiger partial charge >= 0.3 is 5.97 Å². The molecule has 2 aromatic heterocycles. The Hall–Kier alpha value is -2.75. The molecule has 0 spiro atoms. The van der Waals surface area contributed by atoms with Gasteiger partial charge in [-0.15, -0.1) is 0 Å². The first-order valence-corrected chi connectivity index (χ1v) is 6.72. The number of rotatable bonds is 3. The summed E-state index contributed by atoms with van der Waals surface area (Å²) in [5.74, 6) is -0.362. The number of methoxy groups -OCH3 is 1. The molecule has 0 radical (unpaired) electrons. The lowest BCUT2D eigenvalue weighted by Gasteiger charge is -2.10. The minimum atomic E-state index is -0.362. The first-order valence-electron chi connectivity index (χ1n) is 6.72. The number of esters is 1. The van der Waals surface area contributed by atoms with Crippen LogP contribution < -0.4 is 0 Å². The summed E-state index contributed by atoms with van der Waals surface area (Å²) >= 11 is 0. The number of carbonyl (C=O) groups excluding carboxylic acids is 1. The number of H-pyrrole nitrogens is 1. The van der Waals surface area contributed by atoms with Gasteiger partial charge in [0.05, 0.1) is 12.8 Å². The maximum Gasteiger partial charge on any atom is 0.355 e. The second-order valence-electron chi connectivity index (χ2n) is 4.81. The molecule has 0 aliphatic carbocycles. The summed E-state index contributed by atoms with van der Waals surface area (Å²) in [6, 6.07) is 14.0. The topological polar surface area (TPSA) is 47.0 Å². The van der Waals surface area contributed by atoms with E-state index in [2.05, 4.69) is 9.55 Å². The Kier molecular flexibility index (Phi) is 3.36. The Labute approximate surface area is 123 Å². The molecule has 0 unspecified atom stereocenters. The summed E-state index contributed by atoms with van der Waals surface area (Å²) in [6.45, 7) is 1.97. The lowest BCUT2D eigenvalue weighted by molar-refractivity contribution is 0.0595. The Bertz CT molecular complexity index is 769. The van der Waals surface area contributed by atoms with Crippen LogP contribution in [0.2, 0.25) is 0 Å². The van der Waals surface area contributed by atoms with Crippen LogP contribution in [0.4, 0.5) is 0 Å². The minimum Gasteiger partial charge on any atom is -0.464 e. The zero-order chi connectivity index (χ0) is 14.8. The van der Waals surface area contributed by atoms with E-state index in [0.29, 0.717) is 5.69 Å². The summed E-state index contributed by atoms with van der Waals surface area (Å²) in [6.07, 6.45) is 3.81. The quantitative estimate of drug-likeness (QED) is 0.746. The zero-order valence-electron chi connectivity index (χ0n) is 12.0. The third-order valence-corrected chi connectivity index (χ3v) is 3.51. The molecule has 0 aliphatic rings. The summed E-state index contributed by atoms with van der Waals surface area (Å²) < 4.78 is 6.91. The van der Waals surface area contributed by atoms with Crippen molar-refractivity contribution in [1.29, 1.82) is 0 Å². The number of benzene rings is 1. The summed E-state index contributed by atoms with van der Waals surface area (Å²) in [5.41, 5.74) is 4.36. The van der Waals surface area contributed by atoms with Gasteiger partial charge in [-0.25, -0.2) is 4.79 Å². The number of ether oxygens (including phenoxy) is 1. The van der Waals surface area contributed by atoms with E-state index in [9.17, 15) is 4.79 Å². The van der Waals surface area contributed by atoms with Crippen LogP contribution in [0.15, 0.2) is 54.9 Å². The SMILES string of the molecule is COC(=O)c1[nH]cc(C)c1-c1cccn1-c1ccccc1. The van der Waals surface area contributed by atoms with Gasteiger partial charge in [-0.05, 0) is 36.8 Å². The number of nitrogens with zero attached hydrogens (tertiary/aromatic N) is 1. The molecule has 0 fully saturated rings. The normalized spacial score (nSPS) is 10.6. The van der Waals surface area contributed by atoms with E-state index in [-0.39, 0.29) is 5.97 Å². The molecule has 0 saturated heterocycles. The van der Waals surface area contributed by atoms with Gasteiger partial charge in [0.15, 0.2) is 0 Å². The molecule has 0 aliphatic heterocycles. The molecule has 4 nitrogen and oxygen atoms in total. The van der Waals surface area contributed by atoms with E-state index in [1.807, 2.05) is 61.8 Å². The Morgan fingerprint density at radius 1 is 1.14 bits per heavy atom. The minimum absolute atomic E-state index is 0.362. The molecule has 3 rings (SSSR count). The lowest BCUT2D eigenvalue weighted by Crippen LogP contribution is -2.05. The van der Waals surface area contributed by atoms with Gasteiger partial charge < -0.3 is 14.3 Å². The molecule has 0 atom stereocenters. The third-order valence-electron chi connectivity index (χ3n) is 3.51. The maximum atomic E-state index is 11.9. The fraction of sp³-hybridized carbons (Fsp3) is 0.118. The highest BCUT2D eigenvalue weighted by molar-refractivity contribution is 5.96. The van der Waals surface area contributed by atoms with E-state index in [1.165, 1.54) is 7.11 Å². The molecule has 4 heteroatoms. The van der Waals surface area contributed by atoms with E-state index >= 15 is 0 Å². The molecular weight excluding hydrogens is 264 g/mol. The van der Waals surface area contributed by atoms with Crippen LogP contribution in [0.1, 0.15) is 16.1 Å². The molecule has 0 saturated carbocycles. The zero-order valence-corrected chi connectivity index (χ0v) is 12.0. The molecule has 0 amide bonds. The van der Waals surface area contributed by atoms with Crippen LogP contribution in [-0.2, 0) is 4.74 Å². The maximum absolute atomic E-state index is 11.9. The van der Waals surface area contributed by atoms with Crippen molar-refractivity contribution >= 4 is 5.97 Å². The average molecular weight is 280 g/mol. The number of carbonyl (C=O) groups is 1. The smallest absolute Gasteiger partial charge is 0.355 e. The number of aryl methyl sites for hydroxylation is 1. The van der Waals surface area contributed by atoms with Crippen LogP contribution in [-0.4, -0.2) is 22.6 Å². The van der Waals surface area contributed by atoms with Gasteiger partial charge in [0, 0.05) is 23.6 Å². The monoisotopic (exact) mass is 280 g/mol. The second kappa shape index (κ2) is 5.32. The number of aromatic amines is 1. The first kappa shape index (κ1) is 13.2. The second-order valence-corrected chi connectivity index (χ2v) is 4.81. The summed E-state index contributed by atoms with van der Waals surface area (Å²) in [4.78, 5) is 14.9. The first-order chi connectivity index (χ1) is 10.2. The van der Waals surface area contributed by atoms with Crippen LogP contribution in [0.25, 0.3) is 16.9 Å². The van der Waals surface area contributed by atoms with Crippen molar-refractivity contribution in [3.63, 3.8) is 0 Å². The van der Waals surface area contributed by atoms with Gasteiger partial charge in [0.2, 0.25) is 0 Å². The van der Waals surface area contributed by atoms with Crippen molar-refractivity contribution in [3.8, 4) is 16.9 Å². The lowest BCUT2D eigenvalue weighted by atomic mass is 10.1. The van der Waals surface area contributed by atoms with Crippen LogP contribution >= 0.6 is 0 Å². The van der Waals surface area contributed by atoms with E-state index < -0.39 is 0 Å². The van der Waals surface area contributed by atoms with Gasteiger partial charge in [0.25, 0.3) is 0 Å². The average Bonchev–Trinajstić information content (AvgIpc) is 3.13. The molecular formula is C17H16N2O2. The van der Waals surface area contributed by atoms with Gasteiger partial charge in [-0.1, -0.05) is 18.2 Å². The summed E-state index contributed by atoms with van der Waals surface area (Å²) in [5, 5.41) is 0. The van der Waals surface area contributed by atoms with Crippen LogP contribution in [0, 0.1) is 6.92 Å². The molecule has 1 aromatic carbocycles. The van der Waals surface area contributed by atoms with Gasteiger partial charge in [-0.3, -0.25) is 0 Å². The fourth-order valence-corrected chi connectivity index (χ4v) is 2.51. The Morgan fingerprint density at radius 2 is 1.90 bits per heavy atom. The van der Waals surface area contributed by atoms with Crippen molar-refractivity contribution in [2.45, 2.75) is 6.92 Å². The largest absolute Gasteiger partial charge is 0.464 e. The van der Waals surface area contributed by atoms with Crippen LogP contribution in [0.5, 0.6) is 0 Å². The predicted molar refractivity (Wildman–Crippen MR) is 81.6 cm³/mol. The van der Waals surface area contributed by atoms with Crippen molar-refractivity contribution < 1.29 is 9.53 Å². The Morgan fingerprint density at radius 3 is 2.62 bits per heavy atom. The highest BCUT2D eigenvalue weighted by Gasteiger charge is 2.20. The van der Waals surface area contributed by atoms with E-state index in [0.717, 1.165) is 22.5 Å². The van der Waals surface area contributed by atoms with E-state index in [4.69, 9.17) is 4.74 Å². The fourth-order valence-electron chi connectivity index (χ4n) is 2.51. The van der Waals surface area contributed by atoms with Crippen molar-refractivity contribution in [3.05, 3.63) is 66.1 Å². The van der Waals surface area contributed by atoms with E-state index in [1.54, 1.807) is 0 Å². The molecule has 2 heterocycles. The standard InChI is InChI=1S/C17H16N2O2/c1-12-11-18-16(17(20)21-2)15(12)14-9-6-10-19(14)13-7-4-3-5-8-13/h3-11,18H,1-2H3. The Balaban J connectivity index is 2.18. The molecule has 1 N–H and O–H groups in total. The number of aromatic nitrogens is 2. The molecule has 106 valence electrons. The highest BCUT2D eigenvalue weighted by Crippen LogP contribution is 2.30. The summed E-state index contributed by atoms with van der Waals surface area (Å²) in [7, 11) is 1.39. The number of hydrogen-bond donors (Lipinski definition) is 1. The number of hydrogen-bond acceptors (Lipinski definition) is 2. The third kappa shape index (κ3) is 2.25. The van der Waals surface area contributed by atoms with Gasteiger partial charge in [0.1, 0.15) is 5.69 Å². The molecule has 3 aromatic rings. The highest BCUT2D eigenvalue weighted by atomic mass is 16.5. The van der Waals surface area contributed by atoms with Crippen LogP contribution in [0.3, 0.4) is 0 Å². The van der Waals surface area contributed by atoms with Gasteiger partial charge in [-0.2, -0.15) is 0 Å². The number of para-hydroxylation sites is 1. The molecule has 21 heavy (non-hydrogen) atoms.